The van der Waals surface area contributed by atoms with E-state index in [1.165, 1.54) is 18.5 Å². The summed E-state index contributed by atoms with van der Waals surface area (Å²) in [5.41, 5.74) is 1.55. The Hall–Kier alpha value is -0.900. The lowest BCUT2D eigenvalue weighted by molar-refractivity contribution is -0.0444. The first-order valence-electron chi connectivity index (χ1n) is 9.41. The Bertz CT molecular complexity index is 541. The molecule has 2 N–H and O–H groups in total. The van der Waals surface area contributed by atoms with Gasteiger partial charge in [0.2, 0.25) is 0 Å². The van der Waals surface area contributed by atoms with Crippen LogP contribution in [0.25, 0.3) is 0 Å². The molecule has 0 aromatic heterocycles. The fraction of sp³-hybridized carbons (Fsp3) is 0.714. The van der Waals surface area contributed by atoms with E-state index >= 15 is 0 Å². The summed E-state index contributed by atoms with van der Waals surface area (Å²) in [5.74, 6) is 0. The van der Waals surface area contributed by atoms with E-state index < -0.39 is 5.60 Å². The van der Waals surface area contributed by atoms with E-state index in [0.717, 1.165) is 32.5 Å². The maximum atomic E-state index is 9.96. The zero-order chi connectivity index (χ0) is 17.4. The van der Waals surface area contributed by atoms with Crippen molar-refractivity contribution < 1.29 is 5.11 Å². The van der Waals surface area contributed by atoms with Crippen LogP contribution in [0.4, 0.5) is 0 Å². The summed E-state index contributed by atoms with van der Waals surface area (Å²) in [4.78, 5) is 2.61. The lowest BCUT2D eigenvalue weighted by Gasteiger charge is -2.47. The minimum absolute atomic E-state index is 0.275. The Morgan fingerprint density at radius 2 is 1.88 bits per heavy atom. The summed E-state index contributed by atoms with van der Waals surface area (Å²) < 4.78 is 0. The van der Waals surface area contributed by atoms with Gasteiger partial charge in [-0.2, -0.15) is 0 Å². The highest BCUT2D eigenvalue weighted by atomic mass is 16.3. The molecule has 0 bridgehead atoms. The molecule has 2 fully saturated rings. The predicted octanol–water partition coefficient (Wildman–Crippen LogP) is 3.43. The Kier molecular flexibility index (Phi) is 4.80. The van der Waals surface area contributed by atoms with Gasteiger partial charge in [0.25, 0.3) is 0 Å². The SMILES string of the molecule is CC1(O)CC(NCC2(C(C)(C)C)CCN(Cc3ccccc3)C2)C1. The zero-order valence-corrected chi connectivity index (χ0v) is 15.8. The summed E-state index contributed by atoms with van der Waals surface area (Å²) in [6, 6.07) is 11.3. The minimum Gasteiger partial charge on any atom is -0.390 e. The predicted molar refractivity (Wildman–Crippen MR) is 99.9 cm³/mol. The van der Waals surface area contributed by atoms with Crippen LogP contribution in [-0.2, 0) is 6.54 Å². The van der Waals surface area contributed by atoms with Gasteiger partial charge in [0, 0.05) is 31.1 Å². The fourth-order valence-corrected chi connectivity index (χ4v) is 4.44. The number of nitrogens with zero attached hydrogens (tertiary/aromatic N) is 1. The molecular formula is C21H34N2O. The molecule has 134 valence electrons. The first-order valence-corrected chi connectivity index (χ1v) is 9.41. The second-order valence-corrected chi connectivity index (χ2v) is 9.46. The summed E-state index contributed by atoms with van der Waals surface area (Å²) in [7, 11) is 0. The van der Waals surface area contributed by atoms with Crippen molar-refractivity contribution in [3.63, 3.8) is 0 Å². The number of aliphatic hydroxyl groups is 1. The maximum absolute atomic E-state index is 9.96. The van der Waals surface area contributed by atoms with Crippen molar-refractivity contribution in [1.82, 2.24) is 10.2 Å². The molecule has 0 radical (unpaired) electrons. The third-order valence-electron chi connectivity index (χ3n) is 6.37. The van der Waals surface area contributed by atoms with Gasteiger partial charge in [-0.3, -0.25) is 4.90 Å². The van der Waals surface area contributed by atoms with Crippen LogP contribution in [0.1, 0.15) is 52.5 Å². The normalized spacial score (nSPS) is 34.3. The molecule has 24 heavy (non-hydrogen) atoms. The van der Waals surface area contributed by atoms with Crippen molar-refractivity contribution in [3.8, 4) is 0 Å². The molecule has 2 aliphatic rings. The highest BCUT2D eigenvalue weighted by molar-refractivity contribution is 5.15. The van der Waals surface area contributed by atoms with Crippen LogP contribution in [0.15, 0.2) is 30.3 Å². The minimum atomic E-state index is -0.443. The van der Waals surface area contributed by atoms with E-state index in [9.17, 15) is 5.11 Å². The van der Waals surface area contributed by atoms with Crippen LogP contribution in [0.5, 0.6) is 0 Å². The van der Waals surface area contributed by atoms with Crippen molar-refractivity contribution in [2.75, 3.05) is 19.6 Å². The first kappa shape index (κ1) is 17.9. The number of nitrogens with one attached hydrogen (secondary N) is 1. The van der Waals surface area contributed by atoms with Crippen LogP contribution < -0.4 is 5.32 Å². The monoisotopic (exact) mass is 330 g/mol. The summed E-state index contributed by atoms with van der Waals surface area (Å²) in [6.45, 7) is 13.5. The van der Waals surface area contributed by atoms with Gasteiger partial charge in [-0.05, 0) is 43.7 Å². The molecule has 3 nitrogen and oxygen atoms in total. The second kappa shape index (κ2) is 6.44. The average molecular weight is 331 g/mol. The van der Waals surface area contributed by atoms with E-state index in [2.05, 4.69) is 61.3 Å². The molecule has 3 heteroatoms. The van der Waals surface area contributed by atoms with Crippen molar-refractivity contribution in [2.24, 2.45) is 10.8 Å². The van der Waals surface area contributed by atoms with Crippen LogP contribution in [0.3, 0.4) is 0 Å². The van der Waals surface area contributed by atoms with E-state index in [1.807, 2.05) is 6.92 Å². The standard InChI is InChI=1S/C21H34N2O/c1-19(2,3)21(15-22-18-12-20(4,24)13-18)10-11-23(16-21)14-17-8-6-5-7-9-17/h5-9,18,22,24H,10-16H2,1-4H3. The number of likely N-dealkylation sites (tertiary alicyclic amines) is 1. The third kappa shape index (κ3) is 3.84. The molecule has 1 atom stereocenters. The van der Waals surface area contributed by atoms with Gasteiger partial charge in [0.05, 0.1) is 5.60 Å². The van der Waals surface area contributed by atoms with Crippen LogP contribution >= 0.6 is 0 Å². The van der Waals surface area contributed by atoms with Gasteiger partial charge in [-0.1, -0.05) is 51.1 Å². The maximum Gasteiger partial charge on any atom is 0.0649 e. The summed E-state index contributed by atoms with van der Waals surface area (Å²) in [5, 5.41) is 13.7. The lowest BCUT2D eigenvalue weighted by atomic mass is 9.65. The Balaban J connectivity index is 1.61. The average Bonchev–Trinajstić information content (AvgIpc) is 2.88. The van der Waals surface area contributed by atoms with Gasteiger partial charge < -0.3 is 10.4 Å². The van der Waals surface area contributed by atoms with Crippen molar-refractivity contribution in [1.29, 1.82) is 0 Å². The quantitative estimate of drug-likeness (QED) is 0.868. The van der Waals surface area contributed by atoms with E-state index in [1.54, 1.807) is 0 Å². The molecular weight excluding hydrogens is 296 g/mol. The van der Waals surface area contributed by atoms with Gasteiger partial charge in [-0.25, -0.2) is 0 Å². The first-order chi connectivity index (χ1) is 11.2. The third-order valence-corrected chi connectivity index (χ3v) is 6.37. The number of hydrogen-bond donors (Lipinski definition) is 2. The Morgan fingerprint density at radius 1 is 1.21 bits per heavy atom. The van der Waals surface area contributed by atoms with Gasteiger partial charge in [-0.15, -0.1) is 0 Å². The van der Waals surface area contributed by atoms with E-state index in [4.69, 9.17) is 0 Å². The van der Waals surface area contributed by atoms with Gasteiger partial charge in [0.1, 0.15) is 0 Å². The molecule has 0 amide bonds. The number of rotatable bonds is 5. The Labute approximate surface area is 147 Å². The lowest BCUT2D eigenvalue weighted by Crippen LogP contribution is -2.56. The number of hydrogen-bond acceptors (Lipinski definition) is 3. The van der Waals surface area contributed by atoms with Crippen LogP contribution in [-0.4, -0.2) is 41.3 Å². The topological polar surface area (TPSA) is 35.5 Å². The highest BCUT2D eigenvalue weighted by Gasteiger charge is 2.48. The van der Waals surface area contributed by atoms with E-state index in [-0.39, 0.29) is 5.41 Å². The highest BCUT2D eigenvalue weighted by Crippen LogP contribution is 2.46. The fourth-order valence-electron chi connectivity index (χ4n) is 4.44. The van der Waals surface area contributed by atoms with Gasteiger partial charge >= 0.3 is 0 Å². The van der Waals surface area contributed by atoms with E-state index in [0.29, 0.717) is 11.5 Å². The molecule has 1 unspecified atom stereocenters. The second-order valence-electron chi connectivity index (χ2n) is 9.46. The molecule has 1 saturated heterocycles. The summed E-state index contributed by atoms with van der Waals surface area (Å²) >= 11 is 0. The molecule has 0 spiro atoms. The van der Waals surface area contributed by atoms with Crippen LogP contribution in [0, 0.1) is 10.8 Å². The molecule has 1 heterocycles. The zero-order valence-electron chi connectivity index (χ0n) is 15.8. The number of benzene rings is 1. The van der Waals surface area contributed by atoms with Crippen molar-refractivity contribution >= 4 is 0 Å². The summed E-state index contributed by atoms with van der Waals surface area (Å²) in [6.07, 6.45) is 3.03. The smallest absolute Gasteiger partial charge is 0.0649 e. The molecule has 1 aromatic carbocycles. The molecule has 3 rings (SSSR count). The molecule has 1 aromatic rings. The molecule has 1 saturated carbocycles. The van der Waals surface area contributed by atoms with Crippen molar-refractivity contribution in [3.05, 3.63) is 35.9 Å². The largest absolute Gasteiger partial charge is 0.390 e. The Morgan fingerprint density at radius 3 is 2.46 bits per heavy atom. The molecule has 1 aliphatic heterocycles. The molecule has 1 aliphatic carbocycles. The van der Waals surface area contributed by atoms with Crippen LogP contribution in [0.2, 0.25) is 0 Å². The van der Waals surface area contributed by atoms with Gasteiger partial charge in [0.15, 0.2) is 0 Å². The van der Waals surface area contributed by atoms with Crippen molar-refractivity contribution in [2.45, 2.75) is 65.1 Å².